The summed E-state index contributed by atoms with van der Waals surface area (Å²) in [5.74, 6) is 1.99. The van der Waals surface area contributed by atoms with Gasteiger partial charge >= 0.3 is 0 Å². The number of hydrogen-bond donors (Lipinski definition) is 1. The van der Waals surface area contributed by atoms with E-state index in [4.69, 9.17) is 9.84 Å². The Bertz CT molecular complexity index is 357. The Labute approximate surface area is 100 Å². The average Bonchev–Trinajstić information content (AvgIpc) is 2.50. The number of methoxy groups -OCH3 is 1. The predicted octanol–water partition coefficient (Wildman–Crippen LogP) is 1.60. The van der Waals surface area contributed by atoms with E-state index < -0.39 is 0 Å². The zero-order valence-corrected chi connectivity index (χ0v) is 10.3. The summed E-state index contributed by atoms with van der Waals surface area (Å²) in [6.07, 6.45) is 0. The number of thioether (sulfide) groups is 1. The lowest BCUT2D eigenvalue weighted by atomic mass is 10.2. The van der Waals surface area contributed by atoms with E-state index in [1.807, 2.05) is 17.8 Å². The summed E-state index contributed by atoms with van der Waals surface area (Å²) in [4.78, 5) is 3.61. The van der Waals surface area contributed by atoms with Crippen molar-refractivity contribution in [2.45, 2.75) is 11.4 Å². The molecule has 1 aromatic carbocycles. The smallest absolute Gasteiger partial charge is 0.119 e. The number of fused-ring (bicyclic) bond motifs is 1. The van der Waals surface area contributed by atoms with Gasteiger partial charge < -0.3 is 9.84 Å². The highest BCUT2D eigenvalue weighted by atomic mass is 32.2. The Morgan fingerprint density at radius 3 is 3.12 bits per heavy atom. The summed E-state index contributed by atoms with van der Waals surface area (Å²) in [6.45, 7) is 2.91. The van der Waals surface area contributed by atoms with Gasteiger partial charge in [-0.2, -0.15) is 0 Å². The van der Waals surface area contributed by atoms with Gasteiger partial charge in [0, 0.05) is 30.3 Å². The van der Waals surface area contributed by atoms with E-state index in [2.05, 4.69) is 17.0 Å². The molecule has 1 N–H and O–H groups in total. The predicted molar refractivity (Wildman–Crippen MR) is 66.1 cm³/mol. The van der Waals surface area contributed by atoms with Crippen LogP contribution in [-0.2, 0) is 6.54 Å². The number of aliphatic hydroxyl groups excluding tert-OH is 1. The minimum absolute atomic E-state index is 0.226. The van der Waals surface area contributed by atoms with Gasteiger partial charge in [0.05, 0.1) is 13.7 Å². The molecule has 0 spiro atoms. The number of benzene rings is 1. The standard InChI is InChI=1S/C12H17NO2S/c1-15-11-2-3-12-10(8-11)9-13(4-6-14)5-7-16-12/h2-3,8,14H,4-7,9H2,1H3. The molecule has 0 unspecified atom stereocenters. The fourth-order valence-corrected chi connectivity index (χ4v) is 2.93. The van der Waals surface area contributed by atoms with Crippen molar-refractivity contribution in [2.75, 3.05) is 32.6 Å². The van der Waals surface area contributed by atoms with Gasteiger partial charge in [0.15, 0.2) is 0 Å². The summed E-state index contributed by atoms with van der Waals surface area (Å²) < 4.78 is 5.24. The molecule has 16 heavy (non-hydrogen) atoms. The summed E-state index contributed by atoms with van der Waals surface area (Å²) in [7, 11) is 1.69. The third-order valence-electron chi connectivity index (χ3n) is 2.74. The van der Waals surface area contributed by atoms with E-state index in [0.717, 1.165) is 31.1 Å². The number of hydrogen-bond acceptors (Lipinski definition) is 4. The fourth-order valence-electron chi connectivity index (χ4n) is 1.88. The van der Waals surface area contributed by atoms with Crippen LogP contribution in [0.15, 0.2) is 23.1 Å². The Balaban J connectivity index is 2.19. The minimum atomic E-state index is 0.226. The van der Waals surface area contributed by atoms with E-state index in [-0.39, 0.29) is 6.61 Å². The van der Waals surface area contributed by atoms with Crippen LogP contribution in [0.4, 0.5) is 0 Å². The largest absolute Gasteiger partial charge is 0.497 e. The molecule has 1 aliphatic heterocycles. The van der Waals surface area contributed by atoms with Crippen molar-refractivity contribution in [2.24, 2.45) is 0 Å². The van der Waals surface area contributed by atoms with Gasteiger partial charge in [-0.25, -0.2) is 0 Å². The monoisotopic (exact) mass is 239 g/mol. The molecule has 0 bridgehead atoms. The Morgan fingerprint density at radius 1 is 1.50 bits per heavy atom. The van der Waals surface area contributed by atoms with Crippen molar-refractivity contribution >= 4 is 11.8 Å². The van der Waals surface area contributed by atoms with Crippen LogP contribution in [0.5, 0.6) is 5.75 Å². The number of β-amino-alcohol motifs (C(OH)–C–C–N with tert-alkyl or cyclic N) is 1. The molecule has 88 valence electrons. The first-order valence-corrected chi connectivity index (χ1v) is 6.45. The van der Waals surface area contributed by atoms with Crippen molar-refractivity contribution < 1.29 is 9.84 Å². The number of aliphatic hydroxyl groups is 1. The van der Waals surface area contributed by atoms with E-state index in [9.17, 15) is 0 Å². The maximum absolute atomic E-state index is 8.99. The van der Waals surface area contributed by atoms with Crippen molar-refractivity contribution in [1.82, 2.24) is 4.90 Å². The topological polar surface area (TPSA) is 32.7 Å². The van der Waals surface area contributed by atoms with Crippen LogP contribution in [0.3, 0.4) is 0 Å². The first-order valence-electron chi connectivity index (χ1n) is 5.46. The zero-order valence-electron chi connectivity index (χ0n) is 9.48. The highest BCUT2D eigenvalue weighted by Crippen LogP contribution is 2.30. The van der Waals surface area contributed by atoms with Crippen molar-refractivity contribution in [1.29, 1.82) is 0 Å². The molecule has 0 radical (unpaired) electrons. The second kappa shape index (κ2) is 5.57. The molecule has 2 rings (SSSR count). The molecule has 4 heteroatoms. The molecule has 0 saturated carbocycles. The van der Waals surface area contributed by atoms with Gasteiger partial charge in [-0.1, -0.05) is 0 Å². The van der Waals surface area contributed by atoms with Gasteiger partial charge in [0.25, 0.3) is 0 Å². The molecule has 3 nitrogen and oxygen atoms in total. The van der Waals surface area contributed by atoms with Crippen LogP contribution in [0.1, 0.15) is 5.56 Å². The molecule has 0 saturated heterocycles. The molecule has 0 aromatic heterocycles. The molecule has 0 amide bonds. The van der Waals surface area contributed by atoms with Crippen LogP contribution >= 0.6 is 11.8 Å². The van der Waals surface area contributed by atoms with E-state index in [1.54, 1.807) is 7.11 Å². The molecular formula is C12H17NO2S. The summed E-state index contributed by atoms with van der Waals surface area (Å²) in [5.41, 5.74) is 1.30. The van der Waals surface area contributed by atoms with E-state index in [1.165, 1.54) is 10.5 Å². The number of nitrogens with zero attached hydrogens (tertiary/aromatic N) is 1. The third-order valence-corrected chi connectivity index (χ3v) is 3.84. The van der Waals surface area contributed by atoms with Crippen molar-refractivity contribution in [3.8, 4) is 5.75 Å². The maximum Gasteiger partial charge on any atom is 0.119 e. The first kappa shape index (κ1) is 11.8. The lowest BCUT2D eigenvalue weighted by Crippen LogP contribution is -2.27. The lowest BCUT2D eigenvalue weighted by molar-refractivity contribution is 0.198. The highest BCUT2D eigenvalue weighted by molar-refractivity contribution is 7.99. The summed E-state index contributed by atoms with van der Waals surface area (Å²) in [5, 5.41) is 8.99. The molecular weight excluding hydrogens is 222 g/mol. The van der Waals surface area contributed by atoms with Gasteiger partial charge in [-0.15, -0.1) is 11.8 Å². The highest BCUT2D eigenvalue weighted by Gasteiger charge is 2.14. The average molecular weight is 239 g/mol. The second-order valence-corrected chi connectivity index (χ2v) is 4.96. The summed E-state index contributed by atoms with van der Waals surface area (Å²) >= 11 is 1.88. The summed E-state index contributed by atoms with van der Waals surface area (Å²) in [6, 6.07) is 6.23. The molecule has 0 atom stereocenters. The molecule has 1 aromatic rings. The number of ether oxygens (including phenoxy) is 1. The van der Waals surface area contributed by atoms with Crippen LogP contribution < -0.4 is 4.74 Å². The third kappa shape index (κ3) is 2.70. The normalized spacial score (nSPS) is 16.6. The SMILES string of the molecule is COc1ccc2c(c1)CN(CCO)CCS2. The van der Waals surface area contributed by atoms with Crippen molar-refractivity contribution in [3.63, 3.8) is 0 Å². The van der Waals surface area contributed by atoms with Gasteiger partial charge in [-0.3, -0.25) is 4.90 Å². The van der Waals surface area contributed by atoms with Gasteiger partial charge in [0.1, 0.15) is 5.75 Å². The van der Waals surface area contributed by atoms with E-state index in [0.29, 0.717) is 0 Å². The fraction of sp³-hybridized carbons (Fsp3) is 0.500. The molecule has 0 aliphatic carbocycles. The van der Waals surface area contributed by atoms with Crippen LogP contribution in [0, 0.1) is 0 Å². The van der Waals surface area contributed by atoms with Crippen LogP contribution in [0.25, 0.3) is 0 Å². The number of rotatable bonds is 3. The molecule has 0 fully saturated rings. The van der Waals surface area contributed by atoms with Gasteiger partial charge in [0.2, 0.25) is 0 Å². The quantitative estimate of drug-likeness (QED) is 0.868. The van der Waals surface area contributed by atoms with Crippen LogP contribution in [-0.4, -0.2) is 42.6 Å². The zero-order chi connectivity index (χ0) is 11.4. The Hall–Kier alpha value is -0.710. The Morgan fingerprint density at radius 2 is 2.38 bits per heavy atom. The molecule has 1 aliphatic rings. The molecule has 1 heterocycles. The lowest BCUT2D eigenvalue weighted by Gasteiger charge is -2.18. The maximum atomic E-state index is 8.99. The Kier molecular flexibility index (Phi) is 4.09. The van der Waals surface area contributed by atoms with Crippen LogP contribution in [0.2, 0.25) is 0 Å². The second-order valence-electron chi connectivity index (χ2n) is 3.82. The first-order chi connectivity index (χ1) is 7.83. The van der Waals surface area contributed by atoms with Gasteiger partial charge in [-0.05, 0) is 23.8 Å². The minimum Gasteiger partial charge on any atom is -0.497 e. The van der Waals surface area contributed by atoms with Crippen molar-refractivity contribution in [3.05, 3.63) is 23.8 Å². The van der Waals surface area contributed by atoms with E-state index >= 15 is 0 Å².